The molecule has 3 aromatic rings. The molecule has 0 aliphatic carbocycles. The van der Waals surface area contributed by atoms with E-state index >= 15 is 0 Å². The zero-order chi connectivity index (χ0) is 16.4. The van der Waals surface area contributed by atoms with Gasteiger partial charge in [-0.25, -0.2) is 4.79 Å². The molecule has 0 saturated carbocycles. The number of aryl methyl sites for hydroxylation is 1. The molecule has 0 fully saturated rings. The Morgan fingerprint density at radius 3 is 2.78 bits per heavy atom. The first-order valence-corrected chi connectivity index (χ1v) is 7.26. The number of fused-ring (bicyclic) bond motifs is 1. The number of carboxylic acid groups (broad SMARTS) is 1. The quantitative estimate of drug-likeness (QED) is 0.651. The molecule has 0 radical (unpaired) electrons. The summed E-state index contributed by atoms with van der Waals surface area (Å²) in [6.07, 6.45) is 0. The second-order valence-electron chi connectivity index (χ2n) is 5.31. The van der Waals surface area contributed by atoms with E-state index in [1.54, 1.807) is 13.2 Å². The summed E-state index contributed by atoms with van der Waals surface area (Å²) in [5.41, 5.74) is 1.65. The number of aromatic carboxylic acids is 1. The number of carbonyl (C=O) groups is 1. The smallest absolute Gasteiger partial charge is 0.352 e. The van der Waals surface area contributed by atoms with Gasteiger partial charge in [-0.1, -0.05) is 0 Å². The lowest BCUT2D eigenvalue weighted by molar-refractivity contribution is 0.0690. The molecule has 0 amide bonds. The van der Waals surface area contributed by atoms with Gasteiger partial charge in [-0.2, -0.15) is 0 Å². The monoisotopic (exact) mass is 314 g/mol. The van der Waals surface area contributed by atoms with Crippen molar-refractivity contribution in [3.8, 4) is 5.75 Å². The predicted molar refractivity (Wildman–Crippen MR) is 85.8 cm³/mol. The Hall–Kier alpha value is -2.73. The molecule has 3 N–H and O–H groups in total. The first-order chi connectivity index (χ1) is 11.1. The average molecular weight is 314 g/mol. The van der Waals surface area contributed by atoms with Crippen LogP contribution in [0.2, 0.25) is 0 Å². The zero-order valence-corrected chi connectivity index (χ0v) is 13.0. The Morgan fingerprint density at radius 2 is 2.13 bits per heavy atom. The van der Waals surface area contributed by atoms with E-state index < -0.39 is 5.97 Å². The van der Waals surface area contributed by atoms with Gasteiger partial charge < -0.3 is 24.6 Å². The Balaban J connectivity index is 1.85. The summed E-state index contributed by atoms with van der Waals surface area (Å²) >= 11 is 0. The van der Waals surface area contributed by atoms with E-state index in [2.05, 4.69) is 10.3 Å². The number of hydrogen-bond acceptors (Lipinski definition) is 4. The highest BCUT2D eigenvalue weighted by atomic mass is 16.5. The summed E-state index contributed by atoms with van der Waals surface area (Å²) in [6, 6.07) is 9.28. The third-order valence-corrected chi connectivity index (χ3v) is 3.72. The van der Waals surface area contributed by atoms with Gasteiger partial charge in [0.1, 0.15) is 23.0 Å². The molecule has 2 aromatic heterocycles. The number of benzene rings is 1. The van der Waals surface area contributed by atoms with E-state index in [1.807, 2.05) is 31.2 Å². The van der Waals surface area contributed by atoms with Crippen LogP contribution in [-0.2, 0) is 13.1 Å². The number of aromatic nitrogens is 1. The third-order valence-electron chi connectivity index (χ3n) is 3.72. The molecule has 0 atom stereocenters. The summed E-state index contributed by atoms with van der Waals surface area (Å²) in [5, 5.41) is 13.5. The number of hydrogen-bond donors (Lipinski definition) is 3. The maximum absolute atomic E-state index is 11.5. The number of rotatable bonds is 6. The first-order valence-electron chi connectivity index (χ1n) is 7.26. The molecule has 0 unspecified atom stereocenters. The molecule has 120 valence electrons. The van der Waals surface area contributed by atoms with Crippen molar-refractivity contribution >= 4 is 16.9 Å². The summed E-state index contributed by atoms with van der Waals surface area (Å²) in [5.74, 6) is 1.38. The second kappa shape index (κ2) is 6.18. The van der Waals surface area contributed by atoms with E-state index in [0.717, 1.165) is 28.0 Å². The van der Waals surface area contributed by atoms with Crippen LogP contribution in [0.25, 0.3) is 10.9 Å². The van der Waals surface area contributed by atoms with Gasteiger partial charge in [0, 0.05) is 23.6 Å². The van der Waals surface area contributed by atoms with Gasteiger partial charge in [-0.15, -0.1) is 0 Å². The molecule has 2 heterocycles. The molecule has 0 saturated heterocycles. The molecule has 3 rings (SSSR count). The van der Waals surface area contributed by atoms with E-state index in [0.29, 0.717) is 18.8 Å². The number of nitrogens with one attached hydrogen (secondary N) is 2. The molecule has 6 heteroatoms. The Kier molecular flexibility index (Phi) is 4.08. The van der Waals surface area contributed by atoms with Crippen molar-refractivity contribution in [2.45, 2.75) is 20.0 Å². The van der Waals surface area contributed by atoms with Crippen LogP contribution in [0.15, 0.2) is 34.7 Å². The maximum Gasteiger partial charge on any atom is 0.352 e. The molecular weight excluding hydrogens is 296 g/mol. The van der Waals surface area contributed by atoms with Gasteiger partial charge in [-0.3, -0.25) is 0 Å². The first kappa shape index (κ1) is 15.2. The number of aromatic amines is 1. The minimum Gasteiger partial charge on any atom is -0.497 e. The highest BCUT2D eigenvalue weighted by Gasteiger charge is 2.17. The average Bonchev–Trinajstić information content (AvgIpc) is 3.11. The number of ether oxygens (including phenoxy) is 1. The van der Waals surface area contributed by atoms with Crippen LogP contribution in [0.4, 0.5) is 0 Å². The van der Waals surface area contributed by atoms with E-state index in [9.17, 15) is 9.90 Å². The molecule has 1 aromatic carbocycles. The van der Waals surface area contributed by atoms with Gasteiger partial charge in [-0.05, 0) is 31.2 Å². The van der Waals surface area contributed by atoms with Gasteiger partial charge in [0.25, 0.3) is 0 Å². The maximum atomic E-state index is 11.5. The van der Waals surface area contributed by atoms with Crippen LogP contribution in [0, 0.1) is 6.92 Å². The number of carboxylic acids is 1. The van der Waals surface area contributed by atoms with Gasteiger partial charge in [0.15, 0.2) is 0 Å². The van der Waals surface area contributed by atoms with Crippen LogP contribution in [0.1, 0.15) is 27.6 Å². The summed E-state index contributed by atoms with van der Waals surface area (Å²) < 4.78 is 10.7. The molecule has 23 heavy (non-hydrogen) atoms. The van der Waals surface area contributed by atoms with E-state index in [-0.39, 0.29) is 5.69 Å². The van der Waals surface area contributed by atoms with Gasteiger partial charge in [0.05, 0.1) is 19.2 Å². The lowest BCUT2D eigenvalue weighted by Gasteiger charge is -2.04. The fraction of sp³-hybridized carbons (Fsp3) is 0.235. The zero-order valence-electron chi connectivity index (χ0n) is 13.0. The van der Waals surface area contributed by atoms with Gasteiger partial charge in [0.2, 0.25) is 0 Å². The van der Waals surface area contributed by atoms with Crippen molar-refractivity contribution < 1.29 is 19.1 Å². The molecule has 0 aliphatic heterocycles. The molecule has 0 spiro atoms. The molecular formula is C17H18N2O4. The minimum absolute atomic E-state index is 0.191. The molecule has 0 bridgehead atoms. The van der Waals surface area contributed by atoms with Crippen molar-refractivity contribution in [2.24, 2.45) is 0 Å². The SMILES string of the molecule is COc1ccc2c(CNCc3ccc(C)o3)c(C(=O)O)[nH]c2c1. The Morgan fingerprint density at radius 1 is 1.30 bits per heavy atom. The summed E-state index contributed by atoms with van der Waals surface area (Å²) in [6.45, 7) is 2.85. The summed E-state index contributed by atoms with van der Waals surface area (Å²) in [7, 11) is 1.58. The largest absolute Gasteiger partial charge is 0.497 e. The van der Waals surface area contributed by atoms with Crippen LogP contribution in [0.5, 0.6) is 5.75 Å². The van der Waals surface area contributed by atoms with Crippen molar-refractivity contribution in [3.05, 3.63) is 53.1 Å². The predicted octanol–water partition coefficient (Wildman–Crippen LogP) is 3.07. The topological polar surface area (TPSA) is 87.5 Å². The van der Waals surface area contributed by atoms with Crippen molar-refractivity contribution in [1.82, 2.24) is 10.3 Å². The van der Waals surface area contributed by atoms with Crippen LogP contribution in [-0.4, -0.2) is 23.2 Å². The normalized spacial score (nSPS) is 11.0. The minimum atomic E-state index is -0.981. The lowest BCUT2D eigenvalue weighted by Crippen LogP contribution is -2.14. The second-order valence-corrected chi connectivity index (χ2v) is 5.31. The van der Waals surface area contributed by atoms with E-state index in [4.69, 9.17) is 9.15 Å². The van der Waals surface area contributed by atoms with E-state index in [1.165, 1.54) is 0 Å². The van der Waals surface area contributed by atoms with Crippen molar-refractivity contribution in [1.29, 1.82) is 0 Å². The number of furan rings is 1. The summed E-state index contributed by atoms with van der Waals surface area (Å²) in [4.78, 5) is 14.4. The fourth-order valence-corrected chi connectivity index (χ4v) is 2.62. The highest BCUT2D eigenvalue weighted by Crippen LogP contribution is 2.26. The van der Waals surface area contributed by atoms with Crippen molar-refractivity contribution in [2.75, 3.05) is 7.11 Å². The third kappa shape index (κ3) is 3.07. The van der Waals surface area contributed by atoms with Gasteiger partial charge >= 0.3 is 5.97 Å². The van der Waals surface area contributed by atoms with Crippen LogP contribution >= 0.6 is 0 Å². The van der Waals surface area contributed by atoms with Crippen LogP contribution in [0.3, 0.4) is 0 Å². The number of H-pyrrole nitrogens is 1. The number of methoxy groups -OCH3 is 1. The van der Waals surface area contributed by atoms with Crippen LogP contribution < -0.4 is 10.1 Å². The highest BCUT2D eigenvalue weighted by molar-refractivity contribution is 5.97. The lowest BCUT2D eigenvalue weighted by atomic mass is 10.1. The molecule has 0 aliphatic rings. The Bertz CT molecular complexity index is 848. The fourth-order valence-electron chi connectivity index (χ4n) is 2.62. The van der Waals surface area contributed by atoms with Crippen molar-refractivity contribution in [3.63, 3.8) is 0 Å². The Labute approximate surface area is 133 Å². The molecule has 6 nitrogen and oxygen atoms in total. The standard InChI is InChI=1S/C17H18N2O4/c1-10-3-4-12(23-10)8-18-9-14-13-6-5-11(22-2)7-15(13)19-16(14)17(20)21/h3-7,18-19H,8-9H2,1-2H3,(H,20,21).